The van der Waals surface area contributed by atoms with E-state index in [0.717, 1.165) is 24.1 Å². The maximum atomic E-state index is 12.3. The smallest absolute Gasteiger partial charge is 0.235 e. The second-order valence-electron chi connectivity index (χ2n) is 5.65. The van der Waals surface area contributed by atoms with Crippen LogP contribution in [0.5, 0.6) is 0 Å². The number of nitrogens with zero attached hydrogens (tertiary/aromatic N) is 1. The molecule has 0 saturated carbocycles. The monoisotopic (exact) mass is 333 g/mol. The lowest BCUT2D eigenvalue weighted by molar-refractivity contribution is -0.129. The molecule has 116 valence electrons. The molecule has 1 aliphatic rings. The zero-order valence-corrected chi connectivity index (χ0v) is 14.2. The molecule has 22 heavy (non-hydrogen) atoms. The van der Waals surface area contributed by atoms with Crippen molar-refractivity contribution in [2.24, 2.45) is 0 Å². The molecule has 3 nitrogen and oxygen atoms in total. The van der Waals surface area contributed by atoms with Gasteiger partial charge in [0.15, 0.2) is 0 Å². The third-order valence-electron chi connectivity index (χ3n) is 3.85. The average Bonchev–Trinajstić information content (AvgIpc) is 2.94. The Balaban J connectivity index is 1.57. The molecule has 2 aromatic rings. The Bertz CT molecular complexity index is 708. The largest absolute Gasteiger partial charge is 0.337 e. The first-order valence-corrected chi connectivity index (χ1v) is 9.72. The Morgan fingerprint density at radius 3 is 3.05 bits per heavy atom. The fraction of sp³-hybridized carbons (Fsp3) is 0.353. The normalized spacial score (nSPS) is 15.4. The van der Waals surface area contributed by atoms with Crippen LogP contribution >= 0.6 is 11.3 Å². The number of amides is 1. The number of carbonyl (C=O) groups excluding carboxylic acids is 1. The molecule has 0 radical (unpaired) electrons. The lowest BCUT2D eigenvalue weighted by Gasteiger charge is -2.26. The van der Waals surface area contributed by atoms with Crippen LogP contribution in [-0.2, 0) is 34.3 Å². The zero-order valence-electron chi connectivity index (χ0n) is 12.6. The molecule has 0 fully saturated rings. The van der Waals surface area contributed by atoms with Gasteiger partial charge >= 0.3 is 0 Å². The molecule has 1 atom stereocenters. The van der Waals surface area contributed by atoms with Gasteiger partial charge in [0.1, 0.15) is 5.75 Å². The van der Waals surface area contributed by atoms with Gasteiger partial charge in [-0.05, 0) is 35.9 Å². The molecule has 1 aliphatic heterocycles. The molecule has 5 heteroatoms. The Morgan fingerprint density at radius 2 is 2.23 bits per heavy atom. The van der Waals surface area contributed by atoms with E-state index in [1.807, 2.05) is 36.1 Å². The summed E-state index contributed by atoms with van der Waals surface area (Å²) < 4.78 is 12.2. The van der Waals surface area contributed by atoms with Gasteiger partial charge < -0.3 is 4.90 Å². The van der Waals surface area contributed by atoms with Crippen molar-refractivity contribution in [2.75, 3.05) is 12.3 Å². The summed E-state index contributed by atoms with van der Waals surface area (Å²) in [6.45, 7) is 3.43. The van der Waals surface area contributed by atoms with Gasteiger partial charge in [0.2, 0.25) is 5.91 Å². The number of hydrogen-bond acceptors (Lipinski definition) is 3. The van der Waals surface area contributed by atoms with E-state index in [2.05, 4.69) is 11.4 Å². The third kappa shape index (κ3) is 3.65. The van der Waals surface area contributed by atoms with Crippen molar-refractivity contribution in [3.8, 4) is 0 Å². The van der Waals surface area contributed by atoms with Gasteiger partial charge in [0, 0.05) is 34.5 Å². The number of rotatable bonds is 4. The van der Waals surface area contributed by atoms with E-state index >= 15 is 0 Å². The highest BCUT2D eigenvalue weighted by Gasteiger charge is 2.22. The van der Waals surface area contributed by atoms with Gasteiger partial charge in [-0.25, -0.2) is 0 Å². The van der Waals surface area contributed by atoms with E-state index in [9.17, 15) is 9.00 Å². The van der Waals surface area contributed by atoms with Crippen molar-refractivity contribution in [1.82, 2.24) is 4.90 Å². The predicted octanol–water partition coefficient (Wildman–Crippen LogP) is 2.89. The Morgan fingerprint density at radius 1 is 1.36 bits per heavy atom. The Labute approximate surface area is 137 Å². The van der Waals surface area contributed by atoms with Crippen molar-refractivity contribution < 1.29 is 9.00 Å². The highest BCUT2D eigenvalue weighted by Crippen LogP contribution is 2.24. The highest BCUT2D eigenvalue weighted by molar-refractivity contribution is 7.84. The van der Waals surface area contributed by atoms with Crippen molar-refractivity contribution in [1.29, 1.82) is 0 Å². The second kappa shape index (κ2) is 6.75. The molecule has 2 heterocycles. The first kappa shape index (κ1) is 15.4. The van der Waals surface area contributed by atoms with Crippen LogP contribution in [-0.4, -0.2) is 27.3 Å². The summed E-state index contributed by atoms with van der Waals surface area (Å²) in [6, 6.07) is 10.1. The van der Waals surface area contributed by atoms with Crippen molar-refractivity contribution in [2.45, 2.75) is 25.6 Å². The van der Waals surface area contributed by atoms with E-state index in [1.54, 1.807) is 11.3 Å². The van der Waals surface area contributed by atoms with Crippen LogP contribution < -0.4 is 0 Å². The number of carbonyl (C=O) groups is 1. The van der Waals surface area contributed by atoms with E-state index in [4.69, 9.17) is 0 Å². The first-order chi connectivity index (χ1) is 10.6. The maximum Gasteiger partial charge on any atom is 0.235 e. The van der Waals surface area contributed by atoms with Crippen LogP contribution in [0.15, 0.2) is 35.7 Å². The summed E-state index contributed by atoms with van der Waals surface area (Å²) >= 11 is 1.76. The lowest BCUT2D eigenvalue weighted by Crippen LogP contribution is -2.38. The summed E-state index contributed by atoms with van der Waals surface area (Å²) in [7, 11) is -1.15. The van der Waals surface area contributed by atoms with Crippen LogP contribution in [0.4, 0.5) is 0 Å². The Kier molecular flexibility index (Phi) is 4.74. The van der Waals surface area contributed by atoms with Crippen molar-refractivity contribution in [3.63, 3.8) is 0 Å². The quantitative estimate of drug-likeness (QED) is 0.863. The maximum absolute atomic E-state index is 12.3. The number of hydrogen-bond donors (Lipinski definition) is 0. The first-order valence-electron chi connectivity index (χ1n) is 7.35. The van der Waals surface area contributed by atoms with Crippen LogP contribution in [0.25, 0.3) is 0 Å². The van der Waals surface area contributed by atoms with Crippen LogP contribution in [0.2, 0.25) is 0 Å². The van der Waals surface area contributed by atoms with Gasteiger partial charge in [0.05, 0.1) is 0 Å². The molecule has 0 saturated heterocycles. The zero-order chi connectivity index (χ0) is 15.5. The van der Waals surface area contributed by atoms with Gasteiger partial charge in [-0.2, -0.15) is 0 Å². The van der Waals surface area contributed by atoms with E-state index < -0.39 is 10.8 Å². The molecule has 3 rings (SSSR count). The molecular formula is C17H19NO2S2. The topological polar surface area (TPSA) is 37.4 Å². The molecule has 0 N–H and O–H groups in total. The molecule has 0 bridgehead atoms. The summed E-state index contributed by atoms with van der Waals surface area (Å²) in [6.07, 6.45) is 0.920. The Hall–Kier alpha value is -1.46. The standard InChI is InChI=1S/C17H19NO2S2/c1-13-3-2-4-14(9-13)11-22(20)12-17(19)18-7-5-16-15(10-18)6-8-21-16/h2-4,6,8-9H,5,7,10-12H2,1H3/t22-/m1/s1. The molecule has 1 aromatic carbocycles. The van der Waals surface area contributed by atoms with Crippen molar-refractivity contribution in [3.05, 3.63) is 57.3 Å². The van der Waals surface area contributed by atoms with Crippen molar-refractivity contribution >= 4 is 28.0 Å². The van der Waals surface area contributed by atoms with Gasteiger partial charge in [-0.1, -0.05) is 29.8 Å². The summed E-state index contributed by atoms with van der Waals surface area (Å²) in [4.78, 5) is 15.5. The minimum Gasteiger partial charge on any atom is -0.337 e. The molecule has 1 amide bonds. The molecular weight excluding hydrogens is 314 g/mol. The average molecular weight is 333 g/mol. The lowest BCUT2D eigenvalue weighted by atomic mass is 10.1. The second-order valence-corrected chi connectivity index (χ2v) is 8.11. The summed E-state index contributed by atoms with van der Waals surface area (Å²) in [5.41, 5.74) is 3.43. The summed E-state index contributed by atoms with van der Waals surface area (Å²) in [5, 5.41) is 2.08. The summed E-state index contributed by atoms with van der Waals surface area (Å²) in [5.74, 6) is 0.570. The minimum atomic E-state index is -1.15. The van der Waals surface area contributed by atoms with E-state index in [0.29, 0.717) is 12.3 Å². The molecule has 0 aliphatic carbocycles. The fourth-order valence-corrected chi connectivity index (χ4v) is 4.73. The molecule has 0 spiro atoms. The van der Waals surface area contributed by atoms with E-state index in [-0.39, 0.29) is 11.7 Å². The van der Waals surface area contributed by atoms with Crippen LogP contribution in [0.1, 0.15) is 21.6 Å². The number of aryl methyl sites for hydroxylation is 1. The third-order valence-corrected chi connectivity index (χ3v) is 6.10. The van der Waals surface area contributed by atoms with Gasteiger partial charge in [0.25, 0.3) is 0 Å². The minimum absolute atomic E-state index is 0.00263. The number of benzene rings is 1. The number of fused-ring (bicyclic) bond motifs is 1. The fourth-order valence-electron chi connectivity index (χ4n) is 2.73. The van der Waals surface area contributed by atoms with E-state index in [1.165, 1.54) is 10.4 Å². The molecule has 0 unspecified atom stereocenters. The predicted molar refractivity (Wildman–Crippen MR) is 91.3 cm³/mol. The highest BCUT2D eigenvalue weighted by atomic mass is 32.2. The number of thiophene rings is 1. The van der Waals surface area contributed by atoms with Gasteiger partial charge in [-0.3, -0.25) is 9.00 Å². The van der Waals surface area contributed by atoms with Gasteiger partial charge in [-0.15, -0.1) is 11.3 Å². The van der Waals surface area contributed by atoms with Crippen LogP contribution in [0, 0.1) is 6.92 Å². The SMILES string of the molecule is Cc1cccc(C[S@@](=O)CC(=O)N2CCc3sccc3C2)c1. The molecule has 1 aromatic heterocycles. The van der Waals surface area contributed by atoms with Crippen LogP contribution in [0.3, 0.4) is 0 Å².